The van der Waals surface area contributed by atoms with Gasteiger partial charge in [-0.1, -0.05) is 34.1 Å². The molecule has 1 aromatic heterocycles. The Balaban J connectivity index is 2.05. The van der Waals surface area contributed by atoms with Gasteiger partial charge < -0.3 is 14.5 Å². The molecule has 3 nitrogen and oxygen atoms in total. The van der Waals surface area contributed by atoms with E-state index >= 15 is 0 Å². The molecular formula is C16H20BrNO2. The Morgan fingerprint density at radius 2 is 2.15 bits per heavy atom. The van der Waals surface area contributed by atoms with Crippen molar-refractivity contribution in [3.63, 3.8) is 0 Å². The van der Waals surface area contributed by atoms with E-state index in [-0.39, 0.29) is 0 Å². The van der Waals surface area contributed by atoms with Crippen LogP contribution in [0.3, 0.4) is 0 Å². The fourth-order valence-electron chi connectivity index (χ4n) is 2.24. The number of hydrogen-bond acceptors (Lipinski definition) is 3. The summed E-state index contributed by atoms with van der Waals surface area (Å²) in [6.07, 6.45) is 4.50. The second-order valence-electron chi connectivity index (χ2n) is 4.75. The summed E-state index contributed by atoms with van der Waals surface area (Å²) in [6, 6.07) is 10.4. The van der Waals surface area contributed by atoms with Gasteiger partial charge in [-0.15, -0.1) is 0 Å². The van der Waals surface area contributed by atoms with Gasteiger partial charge in [0.2, 0.25) is 0 Å². The molecule has 1 atom stereocenters. The van der Waals surface area contributed by atoms with Gasteiger partial charge in [-0.25, -0.2) is 0 Å². The van der Waals surface area contributed by atoms with Crippen LogP contribution < -0.4 is 5.32 Å². The van der Waals surface area contributed by atoms with Crippen LogP contribution in [-0.4, -0.2) is 26.8 Å². The lowest BCUT2D eigenvalue weighted by Crippen LogP contribution is -2.26. The third-order valence-electron chi connectivity index (χ3n) is 3.28. The number of methoxy groups -OCH3 is 1. The molecule has 1 heterocycles. The molecule has 0 aliphatic rings. The third kappa shape index (κ3) is 4.47. The fourth-order valence-corrected chi connectivity index (χ4v) is 2.85. The van der Waals surface area contributed by atoms with Crippen molar-refractivity contribution in [1.29, 1.82) is 0 Å². The van der Waals surface area contributed by atoms with Crippen LogP contribution in [0.4, 0.5) is 0 Å². The van der Waals surface area contributed by atoms with Gasteiger partial charge in [-0.2, -0.15) is 0 Å². The minimum Gasteiger partial charge on any atom is -0.472 e. The normalized spacial score (nSPS) is 12.5. The molecule has 0 amide bonds. The maximum Gasteiger partial charge on any atom is 0.0934 e. The Hall–Kier alpha value is -1.10. The van der Waals surface area contributed by atoms with Gasteiger partial charge in [0, 0.05) is 30.6 Å². The van der Waals surface area contributed by atoms with E-state index in [2.05, 4.69) is 39.4 Å². The van der Waals surface area contributed by atoms with E-state index in [1.54, 1.807) is 13.4 Å². The van der Waals surface area contributed by atoms with Crippen LogP contribution in [0.1, 0.15) is 17.0 Å². The lowest BCUT2D eigenvalue weighted by molar-refractivity contribution is 0.199. The monoisotopic (exact) mass is 337 g/mol. The number of nitrogens with one attached hydrogen (secondary N) is 1. The molecule has 0 aliphatic carbocycles. The minimum atomic E-state index is 0.403. The van der Waals surface area contributed by atoms with Crippen LogP contribution in [0, 0.1) is 0 Å². The van der Waals surface area contributed by atoms with Crippen LogP contribution in [-0.2, 0) is 11.2 Å². The summed E-state index contributed by atoms with van der Waals surface area (Å²) in [5.41, 5.74) is 2.54. The highest BCUT2D eigenvalue weighted by Gasteiger charge is 2.15. The number of furan rings is 1. The van der Waals surface area contributed by atoms with E-state index in [1.807, 2.05) is 18.4 Å². The van der Waals surface area contributed by atoms with Gasteiger partial charge in [0.25, 0.3) is 0 Å². The highest BCUT2D eigenvalue weighted by atomic mass is 79.9. The smallest absolute Gasteiger partial charge is 0.0934 e. The van der Waals surface area contributed by atoms with Crippen LogP contribution >= 0.6 is 15.9 Å². The average molecular weight is 338 g/mol. The van der Waals surface area contributed by atoms with Gasteiger partial charge in [0.15, 0.2) is 0 Å². The predicted molar refractivity (Wildman–Crippen MR) is 84.0 cm³/mol. The van der Waals surface area contributed by atoms with E-state index in [1.165, 1.54) is 11.1 Å². The number of rotatable bonds is 8. The Bertz CT molecular complexity index is 499. The van der Waals surface area contributed by atoms with Gasteiger partial charge in [0.1, 0.15) is 0 Å². The molecule has 20 heavy (non-hydrogen) atoms. The quantitative estimate of drug-likeness (QED) is 0.747. The van der Waals surface area contributed by atoms with E-state index in [9.17, 15) is 0 Å². The molecule has 1 aromatic carbocycles. The Morgan fingerprint density at radius 3 is 2.85 bits per heavy atom. The zero-order valence-corrected chi connectivity index (χ0v) is 13.2. The molecule has 0 saturated carbocycles. The van der Waals surface area contributed by atoms with Crippen molar-refractivity contribution >= 4 is 15.9 Å². The molecule has 0 bridgehead atoms. The number of benzene rings is 1. The lowest BCUT2D eigenvalue weighted by Gasteiger charge is -2.19. The standard InChI is InChI=1S/C16H20BrNO2/c1-19-9-7-18-11-14(10-13-6-8-20-12-13)15-4-2-3-5-16(15)17/h2-6,8,12,14,18H,7,9-11H2,1H3. The number of ether oxygens (including phenoxy) is 1. The summed E-state index contributed by atoms with van der Waals surface area (Å²) in [5.74, 6) is 0.403. The summed E-state index contributed by atoms with van der Waals surface area (Å²) >= 11 is 3.65. The fraction of sp³-hybridized carbons (Fsp3) is 0.375. The maximum atomic E-state index is 5.17. The number of hydrogen-bond donors (Lipinski definition) is 1. The molecule has 2 rings (SSSR count). The van der Waals surface area contributed by atoms with Crippen molar-refractivity contribution in [3.05, 3.63) is 58.5 Å². The van der Waals surface area contributed by atoms with Gasteiger partial charge in [-0.3, -0.25) is 0 Å². The molecule has 0 fully saturated rings. The van der Waals surface area contributed by atoms with E-state index in [0.29, 0.717) is 5.92 Å². The van der Waals surface area contributed by atoms with Crippen LogP contribution in [0.5, 0.6) is 0 Å². The molecule has 108 valence electrons. The zero-order chi connectivity index (χ0) is 14.2. The summed E-state index contributed by atoms with van der Waals surface area (Å²) in [5, 5.41) is 3.45. The molecule has 2 aromatic rings. The SMILES string of the molecule is COCCNCC(Cc1ccoc1)c1ccccc1Br. The Morgan fingerprint density at radius 1 is 1.30 bits per heavy atom. The molecule has 4 heteroatoms. The highest BCUT2D eigenvalue weighted by molar-refractivity contribution is 9.10. The zero-order valence-electron chi connectivity index (χ0n) is 11.6. The van der Waals surface area contributed by atoms with Crippen LogP contribution in [0.2, 0.25) is 0 Å². The van der Waals surface area contributed by atoms with Gasteiger partial charge in [0.05, 0.1) is 19.1 Å². The molecule has 0 aliphatic heterocycles. The van der Waals surface area contributed by atoms with Gasteiger partial charge in [-0.05, 0) is 29.7 Å². The minimum absolute atomic E-state index is 0.403. The molecule has 0 spiro atoms. The van der Waals surface area contributed by atoms with Crippen LogP contribution in [0.25, 0.3) is 0 Å². The summed E-state index contributed by atoms with van der Waals surface area (Å²) in [4.78, 5) is 0. The predicted octanol–water partition coefficient (Wildman–Crippen LogP) is 3.60. The summed E-state index contributed by atoms with van der Waals surface area (Å²) in [6.45, 7) is 2.51. The molecule has 0 saturated heterocycles. The number of halogens is 1. The van der Waals surface area contributed by atoms with Crippen molar-refractivity contribution in [1.82, 2.24) is 5.32 Å². The van der Waals surface area contributed by atoms with E-state index < -0.39 is 0 Å². The van der Waals surface area contributed by atoms with E-state index in [0.717, 1.165) is 30.6 Å². The first-order valence-electron chi connectivity index (χ1n) is 6.76. The van der Waals surface area contributed by atoms with Gasteiger partial charge >= 0.3 is 0 Å². The first-order chi connectivity index (χ1) is 9.81. The lowest BCUT2D eigenvalue weighted by atomic mass is 9.93. The van der Waals surface area contributed by atoms with Crippen molar-refractivity contribution in [2.75, 3.05) is 26.8 Å². The summed E-state index contributed by atoms with van der Waals surface area (Å²) in [7, 11) is 1.72. The molecular weight excluding hydrogens is 318 g/mol. The first kappa shape index (κ1) is 15.3. The van der Waals surface area contributed by atoms with Crippen molar-refractivity contribution < 1.29 is 9.15 Å². The van der Waals surface area contributed by atoms with Crippen molar-refractivity contribution in [3.8, 4) is 0 Å². The maximum absolute atomic E-state index is 5.17. The highest BCUT2D eigenvalue weighted by Crippen LogP contribution is 2.27. The molecule has 1 N–H and O–H groups in total. The Kier molecular flexibility index (Phi) is 6.30. The average Bonchev–Trinajstić information content (AvgIpc) is 2.96. The Labute approximate surface area is 128 Å². The summed E-state index contributed by atoms with van der Waals surface area (Å²) < 4.78 is 11.4. The second kappa shape index (κ2) is 8.25. The topological polar surface area (TPSA) is 34.4 Å². The van der Waals surface area contributed by atoms with Crippen molar-refractivity contribution in [2.24, 2.45) is 0 Å². The van der Waals surface area contributed by atoms with Crippen LogP contribution in [0.15, 0.2) is 51.7 Å². The second-order valence-corrected chi connectivity index (χ2v) is 5.61. The third-order valence-corrected chi connectivity index (χ3v) is 4.00. The first-order valence-corrected chi connectivity index (χ1v) is 7.55. The van der Waals surface area contributed by atoms with Crippen molar-refractivity contribution in [2.45, 2.75) is 12.3 Å². The molecule has 0 radical (unpaired) electrons. The van der Waals surface area contributed by atoms with E-state index in [4.69, 9.17) is 9.15 Å². The largest absolute Gasteiger partial charge is 0.472 e. The molecule has 1 unspecified atom stereocenters.